The molecule has 0 heterocycles. The minimum atomic E-state index is 0.255. The van der Waals surface area contributed by atoms with Crippen LogP contribution in [0.25, 0.3) is 0 Å². The molecule has 1 nitrogen and oxygen atoms in total. The van der Waals surface area contributed by atoms with E-state index in [0.717, 1.165) is 24.8 Å². The summed E-state index contributed by atoms with van der Waals surface area (Å²) in [4.78, 5) is 11.0. The van der Waals surface area contributed by atoms with Crippen molar-refractivity contribution in [3.05, 3.63) is 12.2 Å². The highest BCUT2D eigenvalue weighted by molar-refractivity contribution is 5.87. The summed E-state index contributed by atoms with van der Waals surface area (Å²) in [6.45, 7) is 5.76. The topological polar surface area (TPSA) is 17.1 Å². The van der Waals surface area contributed by atoms with Gasteiger partial charge in [0.15, 0.2) is 0 Å². The maximum atomic E-state index is 11.0. The van der Waals surface area contributed by atoms with E-state index in [1.165, 1.54) is 0 Å². The quantitative estimate of drug-likeness (QED) is 0.525. The summed E-state index contributed by atoms with van der Waals surface area (Å²) in [7, 11) is 0. The average Bonchev–Trinajstić information content (AvgIpc) is 2.47. The average molecular weight is 124 g/mol. The van der Waals surface area contributed by atoms with Gasteiger partial charge in [-0.25, -0.2) is 0 Å². The Hall–Kier alpha value is -0.590. The van der Waals surface area contributed by atoms with E-state index < -0.39 is 0 Å². The second-order valence-electron chi connectivity index (χ2n) is 2.63. The molecule has 1 saturated carbocycles. The van der Waals surface area contributed by atoms with Crippen molar-refractivity contribution < 1.29 is 4.79 Å². The molecule has 1 unspecified atom stereocenters. The van der Waals surface area contributed by atoms with Crippen LogP contribution in [0.4, 0.5) is 0 Å². The molecule has 0 spiro atoms. The Kier molecular flexibility index (Phi) is 1.70. The van der Waals surface area contributed by atoms with Gasteiger partial charge in [-0.3, -0.25) is 4.79 Å². The third-order valence-electron chi connectivity index (χ3n) is 1.68. The zero-order chi connectivity index (χ0) is 6.85. The third-order valence-corrected chi connectivity index (χ3v) is 1.68. The first-order chi connectivity index (χ1) is 4.25. The van der Waals surface area contributed by atoms with Gasteiger partial charge in [0.1, 0.15) is 5.78 Å². The van der Waals surface area contributed by atoms with Gasteiger partial charge in [-0.15, -0.1) is 0 Å². The second kappa shape index (κ2) is 2.34. The monoisotopic (exact) mass is 124 g/mol. The van der Waals surface area contributed by atoms with Crippen molar-refractivity contribution in [2.45, 2.75) is 26.2 Å². The van der Waals surface area contributed by atoms with Gasteiger partial charge < -0.3 is 0 Å². The number of allylic oxidation sites excluding steroid dienone is 1. The maximum Gasteiger partial charge on any atom is 0.140 e. The van der Waals surface area contributed by atoms with Crippen LogP contribution in [0.3, 0.4) is 0 Å². The van der Waals surface area contributed by atoms with Crippen LogP contribution >= 0.6 is 0 Å². The smallest absolute Gasteiger partial charge is 0.140 e. The van der Waals surface area contributed by atoms with Gasteiger partial charge in [-0.2, -0.15) is 0 Å². The van der Waals surface area contributed by atoms with Gasteiger partial charge in [-0.05, 0) is 12.8 Å². The number of ketones is 1. The molecule has 1 atom stereocenters. The number of carbonyl (C=O) groups is 1. The van der Waals surface area contributed by atoms with Crippen LogP contribution in [-0.4, -0.2) is 5.78 Å². The normalized spacial score (nSPS) is 24.1. The lowest BCUT2D eigenvalue weighted by Gasteiger charge is -1.89. The van der Waals surface area contributed by atoms with E-state index in [9.17, 15) is 4.79 Å². The first kappa shape index (κ1) is 6.53. The van der Waals surface area contributed by atoms with Crippen LogP contribution in [0.2, 0.25) is 0 Å². The summed E-state index contributed by atoms with van der Waals surface area (Å²) in [5.74, 6) is 0.646. The van der Waals surface area contributed by atoms with Crippen LogP contribution in [0.15, 0.2) is 12.2 Å². The molecule has 1 rings (SSSR count). The summed E-state index contributed by atoms with van der Waals surface area (Å²) < 4.78 is 0. The lowest BCUT2D eigenvalue weighted by Crippen LogP contribution is -1.98. The molecule has 1 heteroatoms. The van der Waals surface area contributed by atoms with Gasteiger partial charge in [0.2, 0.25) is 0 Å². The highest BCUT2D eigenvalue weighted by Crippen LogP contribution is 2.37. The lowest BCUT2D eigenvalue weighted by molar-refractivity contribution is -0.119. The molecule has 0 aromatic carbocycles. The minimum Gasteiger partial charge on any atom is -0.299 e. The van der Waals surface area contributed by atoms with E-state index >= 15 is 0 Å². The number of Topliss-reactive ketones (excluding diaryl/α,β-unsaturated/α-hetero) is 1. The summed E-state index contributed by atoms with van der Waals surface area (Å²) in [5, 5.41) is 0. The standard InChI is InChI=1S/C8H12O/c1-3-4-8(9)7-5-6(7)2/h7H,2-5H2,1H3. The Morgan fingerprint density at radius 1 is 1.89 bits per heavy atom. The van der Waals surface area contributed by atoms with E-state index in [1.54, 1.807) is 0 Å². The molecule has 1 aliphatic carbocycles. The minimum absolute atomic E-state index is 0.255. The first-order valence-corrected chi connectivity index (χ1v) is 3.46. The zero-order valence-corrected chi connectivity index (χ0v) is 5.81. The molecule has 0 bridgehead atoms. The Morgan fingerprint density at radius 3 is 2.78 bits per heavy atom. The van der Waals surface area contributed by atoms with Crippen LogP contribution < -0.4 is 0 Å². The van der Waals surface area contributed by atoms with Gasteiger partial charge in [0.25, 0.3) is 0 Å². The van der Waals surface area contributed by atoms with Crippen LogP contribution in [0.1, 0.15) is 26.2 Å². The van der Waals surface area contributed by atoms with Crippen molar-refractivity contribution in [3.8, 4) is 0 Å². The highest BCUT2D eigenvalue weighted by atomic mass is 16.1. The summed E-state index contributed by atoms with van der Waals surface area (Å²) >= 11 is 0. The number of hydrogen-bond acceptors (Lipinski definition) is 1. The molecule has 1 fully saturated rings. The number of hydrogen-bond donors (Lipinski definition) is 0. The highest BCUT2D eigenvalue weighted by Gasteiger charge is 2.33. The Labute approximate surface area is 55.8 Å². The summed E-state index contributed by atoms with van der Waals surface area (Å²) in [6.07, 6.45) is 2.67. The fraction of sp³-hybridized carbons (Fsp3) is 0.625. The van der Waals surface area contributed by atoms with Crippen molar-refractivity contribution in [3.63, 3.8) is 0 Å². The molecule has 0 aromatic heterocycles. The first-order valence-electron chi connectivity index (χ1n) is 3.46. The molecule has 0 amide bonds. The molecule has 9 heavy (non-hydrogen) atoms. The molecule has 0 saturated heterocycles. The summed E-state index contributed by atoms with van der Waals surface area (Å²) in [6, 6.07) is 0. The largest absolute Gasteiger partial charge is 0.299 e. The van der Waals surface area contributed by atoms with Gasteiger partial charge in [0, 0.05) is 12.3 Å². The SMILES string of the molecule is C=C1CC1C(=O)CCC. The summed E-state index contributed by atoms with van der Waals surface area (Å²) in [5.41, 5.74) is 1.13. The number of carbonyl (C=O) groups excluding carboxylic acids is 1. The Bertz CT molecular complexity index is 147. The van der Waals surface area contributed by atoms with Crippen LogP contribution in [0, 0.1) is 5.92 Å². The van der Waals surface area contributed by atoms with E-state index in [1.807, 2.05) is 6.92 Å². The van der Waals surface area contributed by atoms with E-state index in [-0.39, 0.29) is 5.92 Å². The van der Waals surface area contributed by atoms with Crippen molar-refractivity contribution in [1.82, 2.24) is 0 Å². The fourth-order valence-electron chi connectivity index (χ4n) is 0.965. The second-order valence-corrected chi connectivity index (χ2v) is 2.63. The third kappa shape index (κ3) is 1.41. The van der Waals surface area contributed by atoms with E-state index in [2.05, 4.69) is 6.58 Å². The molecule has 0 aliphatic heterocycles. The molecule has 0 aromatic rings. The molecule has 50 valence electrons. The van der Waals surface area contributed by atoms with E-state index in [4.69, 9.17) is 0 Å². The molecular weight excluding hydrogens is 112 g/mol. The van der Waals surface area contributed by atoms with E-state index in [0.29, 0.717) is 5.78 Å². The van der Waals surface area contributed by atoms with Crippen molar-refractivity contribution in [1.29, 1.82) is 0 Å². The van der Waals surface area contributed by atoms with Crippen molar-refractivity contribution in [2.24, 2.45) is 5.92 Å². The predicted molar refractivity (Wildman–Crippen MR) is 37.2 cm³/mol. The maximum absolute atomic E-state index is 11.0. The molecular formula is C8H12O. The predicted octanol–water partition coefficient (Wildman–Crippen LogP) is 1.93. The van der Waals surface area contributed by atoms with Crippen LogP contribution in [0.5, 0.6) is 0 Å². The Morgan fingerprint density at radius 2 is 2.44 bits per heavy atom. The fourth-order valence-corrected chi connectivity index (χ4v) is 0.965. The van der Waals surface area contributed by atoms with Gasteiger partial charge in [0.05, 0.1) is 0 Å². The van der Waals surface area contributed by atoms with Crippen molar-refractivity contribution in [2.75, 3.05) is 0 Å². The lowest BCUT2D eigenvalue weighted by atomic mass is 10.1. The number of rotatable bonds is 3. The van der Waals surface area contributed by atoms with Crippen LogP contribution in [-0.2, 0) is 4.79 Å². The molecule has 0 radical (unpaired) electrons. The Balaban J connectivity index is 2.28. The van der Waals surface area contributed by atoms with Crippen molar-refractivity contribution >= 4 is 5.78 Å². The van der Waals surface area contributed by atoms with Gasteiger partial charge >= 0.3 is 0 Å². The van der Waals surface area contributed by atoms with Gasteiger partial charge in [-0.1, -0.05) is 19.1 Å². The zero-order valence-electron chi connectivity index (χ0n) is 5.81. The molecule has 0 N–H and O–H groups in total. The molecule has 1 aliphatic rings.